The number of para-hydroxylation sites is 1. The van der Waals surface area contributed by atoms with E-state index >= 15 is 0 Å². The van der Waals surface area contributed by atoms with Crippen LogP contribution in [0.1, 0.15) is 47.8 Å². The third-order valence-corrected chi connectivity index (χ3v) is 6.38. The summed E-state index contributed by atoms with van der Waals surface area (Å²) in [5, 5.41) is 4.15. The lowest BCUT2D eigenvalue weighted by Gasteiger charge is -2.35. The average molecular weight is 434 g/mol. The van der Waals surface area contributed by atoms with Gasteiger partial charge in [0, 0.05) is 43.9 Å². The van der Waals surface area contributed by atoms with Gasteiger partial charge >= 0.3 is 0 Å². The van der Waals surface area contributed by atoms with Gasteiger partial charge in [0.2, 0.25) is 11.7 Å². The van der Waals surface area contributed by atoms with Crippen LogP contribution in [0.3, 0.4) is 0 Å². The third kappa shape index (κ3) is 4.04. The first-order chi connectivity index (χ1) is 15.7. The molecule has 32 heavy (non-hydrogen) atoms. The van der Waals surface area contributed by atoms with Gasteiger partial charge in [0.05, 0.1) is 12.7 Å². The number of amides is 1. The number of methoxy groups -OCH3 is 1. The van der Waals surface area contributed by atoms with Gasteiger partial charge in [-0.1, -0.05) is 30.1 Å². The van der Waals surface area contributed by atoms with Crippen molar-refractivity contribution in [3.05, 3.63) is 54.0 Å². The van der Waals surface area contributed by atoms with Crippen molar-refractivity contribution in [1.82, 2.24) is 20.0 Å². The summed E-state index contributed by atoms with van der Waals surface area (Å²) in [6.45, 7) is 2.72. The van der Waals surface area contributed by atoms with Crippen LogP contribution in [0.25, 0.3) is 11.4 Å². The summed E-state index contributed by atoms with van der Waals surface area (Å²) in [6, 6.07) is 11.3. The largest absolute Gasteiger partial charge is 0.496 e. The van der Waals surface area contributed by atoms with Crippen LogP contribution in [0.2, 0.25) is 0 Å². The molecule has 0 unspecified atom stereocenters. The zero-order valence-electron chi connectivity index (χ0n) is 18.2. The Bertz CT molecular complexity index is 1070. The molecule has 8 nitrogen and oxygen atoms in total. The van der Waals surface area contributed by atoms with Crippen LogP contribution < -0.4 is 9.64 Å². The van der Waals surface area contributed by atoms with Gasteiger partial charge in [-0.15, -0.1) is 0 Å². The number of anilines is 1. The number of carbonyl (C=O) groups excluding carboxylic acids is 1. The van der Waals surface area contributed by atoms with Gasteiger partial charge in [-0.05, 0) is 37.1 Å². The Kier molecular flexibility index (Phi) is 5.75. The molecule has 0 radical (unpaired) electrons. The standard InChI is InChI=1S/C24H27N5O3/c1-31-20-9-5-4-8-19(20)24(30)29-14-12-28(13-15-29)21-11-10-18(16-25-21)22-26-23(32-27-22)17-6-2-3-7-17/h4-5,8-11,16-17H,2-3,6-7,12-15H2,1H3. The zero-order valence-corrected chi connectivity index (χ0v) is 18.2. The van der Waals surface area contributed by atoms with Crippen LogP contribution in [0.5, 0.6) is 5.75 Å². The maximum Gasteiger partial charge on any atom is 0.257 e. The molecule has 2 fully saturated rings. The third-order valence-electron chi connectivity index (χ3n) is 6.38. The zero-order chi connectivity index (χ0) is 21.9. The minimum absolute atomic E-state index is 0.000538. The van der Waals surface area contributed by atoms with Gasteiger partial charge in [-0.25, -0.2) is 4.98 Å². The lowest BCUT2D eigenvalue weighted by molar-refractivity contribution is 0.0743. The van der Waals surface area contributed by atoms with Gasteiger partial charge in [0.1, 0.15) is 11.6 Å². The van der Waals surface area contributed by atoms with E-state index in [1.54, 1.807) is 13.3 Å². The summed E-state index contributed by atoms with van der Waals surface area (Å²) in [4.78, 5) is 26.2. The molecule has 166 valence electrons. The van der Waals surface area contributed by atoms with E-state index < -0.39 is 0 Å². The predicted octanol–water partition coefficient (Wildman–Crippen LogP) is 3.76. The number of hydrogen-bond donors (Lipinski definition) is 0. The van der Waals surface area contributed by atoms with Gasteiger partial charge in [-0.3, -0.25) is 4.79 Å². The van der Waals surface area contributed by atoms with Crippen molar-refractivity contribution < 1.29 is 14.1 Å². The van der Waals surface area contributed by atoms with Crippen LogP contribution in [0.4, 0.5) is 5.82 Å². The number of nitrogens with zero attached hydrogens (tertiary/aromatic N) is 5. The number of rotatable bonds is 5. The Labute approximate surface area is 187 Å². The Balaban J connectivity index is 1.21. The van der Waals surface area contributed by atoms with Gasteiger partial charge < -0.3 is 19.1 Å². The van der Waals surface area contributed by atoms with E-state index in [0.29, 0.717) is 36.1 Å². The molecule has 3 aromatic rings. The molecule has 0 N–H and O–H groups in total. The lowest BCUT2D eigenvalue weighted by atomic mass is 10.1. The van der Waals surface area contributed by atoms with E-state index in [0.717, 1.165) is 43.2 Å². The van der Waals surface area contributed by atoms with E-state index in [9.17, 15) is 4.79 Å². The quantitative estimate of drug-likeness (QED) is 0.606. The summed E-state index contributed by atoms with van der Waals surface area (Å²) < 4.78 is 10.8. The number of pyridine rings is 1. The molecule has 1 saturated heterocycles. The monoisotopic (exact) mass is 433 g/mol. The summed E-state index contributed by atoms with van der Waals surface area (Å²) >= 11 is 0. The first-order valence-electron chi connectivity index (χ1n) is 11.2. The van der Waals surface area contributed by atoms with Crippen molar-refractivity contribution in [3.63, 3.8) is 0 Å². The Morgan fingerprint density at radius 1 is 1.06 bits per heavy atom. The SMILES string of the molecule is COc1ccccc1C(=O)N1CCN(c2ccc(-c3noc(C4CCCC4)n3)cn2)CC1. The molecule has 1 aliphatic heterocycles. The summed E-state index contributed by atoms with van der Waals surface area (Å²) in [6.07, 6.45) is 6.52. The van der Waals surface area contributed by atoms with E-state index in [-0.39, 0.29) is 5.91 Å². The molecule has 3 heterocycles. The first kappa shape index (κ1) is 20.5. The van der Waals surface area contributed by atoms with Crippen molar-refractivity contribution >= 4 is 11.7 Å². The molecule has 1 saturated carbocycles. The van der Waals surface area contributed by atoms with Crippen LogP contribution in [-0.4, -0.2) is 59.2 Å². The molecule has 5 rings (SSSR count). The second-order valence-electron chi connectivity index (χ2n) is 8.32. The molecule has 8 heteroatoms. The highest BCUT2D eigenvalue weighted by atomic mass is 16.5. The molecule has 1 aromatic carbocycles. The molecular weight excluding hydrogens is 406 g/mol. The maximum atomic E-state index is 12.9. The van der Waals surface area contributed by atoms with E-state index in [1.165, 1.54) is 12.8 Å². The number of aromatic nitrogens is 3. The van der Waals surface area contributed by atoms with Crippen molar-refractivity contribution in [3.8, 4) is 17.1 Å². The highest BCUT2D eigenvalue weighted by Gasteiger charge is 2.25. The van der Waals surface area contributed by atoms with Gasteiger partial charge in [0.15, 0.2) is 0 Å². The Morgan fingerprint density at radius 3 is 2.56 bits per heavy atom. The van der Waals surface area contributed by atoms with E-state index in [4.69, 9.17) is 9.26 Å². The van der Waals surface area contributed by atoms with Crippen molar-refractivity contribution in [1.29, 1.82) is 0 Å². The second kappa shape index (κ2) is 8.98. The Hall–Kier alpha value is -3.42. The van der Waals surface area contributed by atoms with Crippen LogP contribution in [0.15, 0.2) is 47.1 Å². The molecule has 2 aromatic heterocycles. The number of hydrogen-bond acceptors (Lipinski definition) is 7. The minimum atomic E-state index is 0.000538. The predicted molar refractivity (Wildman–Crippen MR) is 120 cm³/mol. The number of benzene rings is 1. The fraction of sp³-hybridized carbons (Fsp3) is 0.417. The average Bonchev–Trinajstić information content (AvgIpc) is 3.56. The van der Waals surface area contributed by atoms with E-state index in [1.807, 2.05) is 41.3 Å². The number of carbonyl (C=O) groups is 1. The summed E-state index contributed by atoms with van der Waals surface area (Å²) in [5.74, 6) is 3.24. The normalized spacial score (nSPS) is 17.0. The first-order valence-corrected chi connectivity index (χ1v) is 11.2. The van der Waals surface area contributed by atoms with E-state index in [2.05, 4.69) is 20.0 Å². The minimum Gasteiger partial charge on any atom is -0.496 e. The molecule has 0 atom stereocenters. The summed E-state index contributed by atoms with van der Waals surface area (Å²) in [5.41, 5.74) is 1.45. The lowest BCUT2D eigenvalue weighted by Crippen LogP contribution is -2.49. The topological polar surface area (TPSA) is 84.6 Å². The fourth-order valence-electron chi connectivity index (χ4n) is 4.53. The number of ether oxygens (including phenoxy) is 1. The molecule has 1 amide bonds. The molecule has 1 aliphatic carbocycles. The van der Waals surface area contributed by atoms with Crippen LogP contribution in [-0.2, 0) is 0 Å². The van der Waals surface area contributed by atoms with Gasteiger partial charge in [-0.2, -0.15) is 4.98 Å². The maximum absolute atomic E-state index is 12.9. The summed E-state index contributed by atoms with van der Waals surface area (Å²) in [7, 11) is 1.59. The van der Waals surface area contributed by atoms with Crippen molar-refractivity contribution in [2.24, 2.45) is 0 Å². The van der Waals surface area contributed by atoms with Gasteiger partial charge in [0.25, 0.3) is 5.91 Å². The highest BCUT2D eigenvalue weighted by Crippen LogP contribution is 2.34. The van der Waals surface area contributed by atoms with Crippen molar-refractivity contribution in [2.75, 3.05) is 38.2 Å². The second-order valence-corrected chi connectivity index (χ2v) is 8.32. The van der Waals surface area contributed by atoms with Crippen LogP contribution in [0, 0.1) is 0 Å². The fourth-order valence-corrected chi connectivity index (χ4v) is 4.53. The molecule has 0 spiro atoms. The van der Waals surface area contributed by atoms with Crippen molar-refractivity contribution in [2.45, 2.75) is 31.6 Å². The molecular formula is C24H27N5O3. The smallest absolute Gasteiger partial charge is 0.257 e. The molecule has 0 bridgehead atoms. The number of piperazine rings is 1. The Morgan fingerprint density at radius 2 is 1.84 bits per heavy atom. The van der Waals surface area contributed by atoms with Crippen LogP contribution >= 0.6 is 0 Å². The highest BCUT2D eigenvalue weighted by molar-refractivity contribution is 5.97. The molecule has 2 aliphatic rings.